The largest absolute Gasteiger partial charge is 1.00 e. The molecule has 0 radical (unpaired) electrons. The molecule has 0 saturated carbocycles. The molecule has 0 amide bonds. The SMILES string of the molecule is [CH3][Zr]([CH3])([CH3])([CH3])([CH]1C=CC=C1)([CH]1C=Cc2cc3c(cc21)CCC3)[SiH]([SiH3])[SiH3].[Cl-].[Cl-]. The summed E-state index contributed by atoms with van der Waals surface area (Å²) in [4.78, 5) is -0.716. The van der Waals surface area contributed by atoms with E-state index in [1.54, 1.807) is 22.3 Å². The molecule has 4 rings (SSSR count). The summed E-state index contributed by atoms with van der Waals surface area (Å²) in [5.41, 5.74) is 6.54. The van der Waals surface area contributed by atoms with Gasteiger partial charge in [-0.05, 0) is 0 Å². The van der Waals surface area contributed by atoms with E-state index < -0.39 is 19.9 Å². The molecule has 151 valence electrons. The zero-order chi connectivity index (χ0) is 18.2. The molecule has 1 aromatic carbocycles. The van der Waals surface area contributed by atoms with Gasteiger partial charge in [0.15, 0.2) is 0 Å². The van der Waals surface area contributed by atoms with E-state index in [4.69, 9.17) is 0 Å². The predicted octanol–water partition coefficient (Wildman–Crippen LogP) is -2.43. The summed E-state index contributed by atoms with van der Waals surface area (Å²) in [6.07, 6.45) is 18.9. The van der Waals surface area contributed by atoms with E-state index in [-0.39, 0.29) is 24.8 Å². The minimum absolute atomic E-state index is 0. The van der Waals surface area contributed by atoms with Crippen molar-refractivity contribution in [3.05, 3.63) is 64.8 Å². The summed E-state index contributed by atoms with van der Waals surface area (Å²) in [5, 5.41) is 0. The maximum absolute atomic E-state index is 4.02. The van der Waals surface area contributed by atoms with Gasteiger partial charge in [0.2, 0.25) is 0 Å². The van der Waals surface area contributed by atoms with Crippen LogP contribution in [-0.2, 0) is 27.8 Å². The number of rotatable bonds is 3. The van der Waals surface area contributed by atoms with Gasteiger partial charge in [-0.15, -0.1) is 0 Å². The fourth-order valence-corrected chi connectivity index (χ4v) is 61.6. The van der Waals surface area contributed by atoms with Gasteiger partial charge in [0.05, 0.1) is 0 Å². The van der Waals surface area contributed by atoms with E-state index >= 15 is 0 Å². The van der Waals surface area contributed by atoms with Crippen molar-refractivity contribution >= 4 is 30.6 Å². The van der Waals surface area contributed by atoms with Gasteiger partial charge in [-0.3, -0.25) is 0 Å². The molecule has 0 aliphatic heterocycles. The summed E-state index contributed by atoms with van der Waals surface area (Å²) in [6.45, 7) is 0. The third-order valence-electron chi connectivity index (χ3n) is 10.1. The van der Waals surface area contributed by atoms with Crippen LogP contribution < -0.4 is 24.8 Å². The van der Waals surface area contributed by atoms with Crippen molar-refractivity contribution in [2.24, 2.45) is 0 Å². The molecule has 0 N–H and O–H groups in total. The van der Waals surface area contributed by atoms with Gasteiger partial charge < -0.3 is 24.8 Å². The van der Waals surface area contributed by atoms with Crippen LogP contribution in [0.5, 0.6) is 0 Å². The van der Waals surface area contributed by atoms with Crippen molar-refractivity contribution in [2.75, 3.05) is 0 Å². The van der Waals surface area contributed by atoms with E-state index in [1.807, 2.05) is 0 Å². The fourth-order valence-electron chi connectivity index (χ4n) is 6.05. The standard InChI is InChI=1S/C12H11.C5H5.4CH3.2ClH.H7Si3.Zr/c1-3-9-7-11-5-2-6-12(11)8-10(9)4-1;1-2-4-5-3-1;;;;;;;1-3-2;/h1,3-4,7-8H,2,5-6H2;1-5H;4*1H3;2*1H;3H,1-2H3;/p-2. The zero-order valence-corrected chi connectivity index (χ0v) is 26.9. The van der Waals surface area contributed by atoms with Crippen LogP contribution in [0.15, 0.2) is 42.5 Å². The van der Waals surface area contributed by atoms with Gasteiger partial charge >= 0.3 is 155 Å². The molecule has 1 aromatic rings. The first kappa shape index (κ1) is 23.8. The Kier molecular flexibility index (Phi) is 5.34. The number of allylic oxidation sites excluding steroid dienone is 5. The smallest absolute Gasteiger partial charge is 1.00 e. The second-order valence-corrected chi connectivity index (χ2v) is 114. The number of benzene rings is 1. The second kappa shape index (κ2) is 6.05. The van der Waals surface area contributed by atoms with E-state index in [0.29, 0.717) is 7.25 Å². The third kappa shape index (κ3) is 2.88. The van der Waals surface area contributed by atoms with E-state index in [9.17, 15) is 0 Å². The molecular weight excluding hydrogens is 499 g/mol. The molecule has 0 heterocycles. The predicted molar refractivity (Wildman–Crippen MR) is 123 cm³/mol. The maximum atomic E-state index is 2.87. The van der Waals surface area contributed by atoms with Crippen LogP contribution in [0.2, 0.25) is 22.2 Å². The van der Waals surface area contributed by atoms with Crippen molar-refractivity contribution in [1.82, 2.24) is 0 Å². The number of fused-ring (bicyclic) bond motifs is 2. The first-order valence-corrected chi connectivity index (χ1v) is 37.0. The monoisotopic (exact) mass is 531 g/mol. The van der Waals surface area contributed by atoms with Crippen LogP contribution in [0.25, 0.3) is 6.08 Å². The van der Waals surface area contributed by atoms with Gasteiger partial charge in [0, 0.05) is 0 Å². The Balaban J connectivity index is 0.00000131. The van der Waals surface area contributed by atoms with Crippen molar-refractivity contribution in [3.63, 3.8) is 0 Å². The first-order chi connectivity index (χ1) is 11.4. The van der Waals surface area contributed by atoms with Gasteiger partial charge in [0.1, 0.15) is 0 Å². The van der Waals surface area contributed by atoms with Crippen LogP contribution in [0, 0.1) is 0 Å². The zero-order valence-electron chi connectivity index (χ0n) is 17.7. The molecule has 0 nitrogen and oxygen atoms in total. The number of hydrogen-bond acceptors (Lipinski definition) is 0. The molecular formula is C21H35Cl2Si3Zr-2. The number of hydrogen-bond donors (Lipinski definition) is 0. The fraction of sp³-hybridized carbons (Fsp3) is 0.429. The summed E-state index contributed by atoms with van der Waals surface area (Å²) >= 11 is -4.02. The average Bonchev–Trinajstić information content (AvgIpc) is 3.24. The molecule has 3 aliphatic carbocycles. The van der Waals surface area contributed by atoms with Crippen molar-refractivity contribution in [3.8, 4) is 0 Å². The molecule has 27 heavy (non-hydrogen) atoms. The average molecular weight is 534 g/mol. The first-order valence-electron chi connectivity index (χ1n) is 10.3. The van der Waals surface area contributed by atoms with Crippen LogP contribution in [0.1, 0.15) is 32.3 Å². The van der Waals surface area contributed by atoms with Crippen LogP contribution in [0.4, 0.5) is 0 Å². The van der Waals surface area contributed by atoms with Gasteiger partial charge in [0.25, 0.3) is 0 Å². The topological polar surface area (TPSA) is 0 Å². The summed E-state index contributed by atoms with van der Waals surface area (Å²) < 4.78 is 12.9. The summed E-state index contributed by atoms with van der Waals surface area (Å²) in [6, 6.07) is 5.20. The Morgan fingerprint density at radius 1 is 0.889 bits per heavy atom. The normalized spacial score (nSPS) is 25.6. The van der Waals surface area contributed by atoms with Crippen LogP contribution in [0.3, 0.4) is 0 Å². The van der Waals surface area contributed by atoms with Gasteiger partial charge in [-0.2, -0.15) is 0 Å². The molecule has 6 heteroatoms. The van der Waals surface area contributed by atoms with Crippen molar-refractivity contribution < 1.29 is 39.8 Å². The Bertz CT molecular complexity index is 890. The Morgan fingerprint density at radius 2 is 1.44 bits per heavy atom. The summed E-state index contributed by atoms with van der Waals surface area (Å²) in [5.74, 6) is 0. The third-order valence-corrected chi connectivity index (χ3v) is 189. The summed E-state index contributed by atoms with van der Waals surface area (Å²) in [7, 11) is 2.91. The molecule has 0 bridgehead atoms. The number of halogens is 2. The second-order valence-electron chi connectivity index (χ2n) is 13.4. The van der Waals surface area contributed by atoms with Gasteiger partial charge in [-0.25, -0.2) is 0 Å². The minimum Gasteiger partial charge on any atom is -1.00 e. The molecule has 0 saturated heterocycles. The maximum Gasteiger partial charge on any atom is -1.00 e. The molecule has 1 atom stereocenters. The Labute approximate surface area is 178 Å². The van der Waals surface area contributed by atoms with Crippen molar-refractivity contribution in [1.29, 1.82) is 0 Å². The Morgan fingerprint density at radius 3 is 2.00 bits per heavy atom. The van der Waals surface area contributed by atoms with Crippen LogP contribution >= 0.6 is 0 Å². The molecule has 0 aromatic heterocycles. The molecule has 0 fully saturated rings. The molecule has 1 unspecified atom stereocenters. The van der Waals surface area contributed by atoms with Crippen molar-refractivity contribution in [2.45, 2.75) is 45.0 Å². The number of aryl methyl sites for hydroxylation is 2. The van der Waals surface area contributed by atoms with Crippen LogP contribution in [-0.4, -0.2) is 24.5 Å². The van der Waals surface area contributed by atoms with E-state index in [1.165, 1.54) is 38.8 Å². The van der Waals surface area contributed by atoms with E-state index in [2.05, 4.69) is 67.1 Å². The van der Waals surface area contributed by atoms with Gasteiger partial charge in [-0.1, -0.05) is 0 Å². The Hall–Kier alpha value is 0.554. The minimum atomic E-state index is -4.02. The van der Waals surface area contributed by atoms with E-state index in [0.717, 1.165) is 0 Å². The molecule has 3 aliphatic rings. The molecule has 0 spiro atoms. The quantitative estimate of drug-likeness (QED) is 0.379.